The molecule has 1 rings (SSSR count). The van der Waals surface area contributed by atoms with Crippen LogP contribution in [0.15, 0.2) is 10.7 Å². The predicted octanol–water partition coefficient (Wildman–Crippen LogP) is 0.923. The lowest BCUT2D eigenvalue weighted by Gasteiger charge is -2.19. The Hall–Kier alpha value is -2.05. The summed E-state index contributed by atoms with van der Waals surface area (Å²) in [6, 6.07) is -0.364. The van der Waals surface area contributed by atoms with Gasteiger partial charge in [0.05, 0.1) is 5.92 Å². The smallest absolute Gasteiger partial charge is 0.404 e. The highest BCUT2D eigenvalue weighted by molar-refractivity contribution is 5.90. The lowest BCUT2D eigenvalue weighted by Crippen LogP contribution is -2.36. The quantitative estimate of drug-likeness (QED) is 0.708. The van der Waals surface area contributed by atoms with Crippen LogP contribution in [0.3, 0.4) is 0 Å². The molecule has 1 aromatic rings. The van der Waals surface area contributed by atoms with Crippen molar-refractivity contribution in [3.63, 3.8) is 0 Å². The summed E-state index contributed by atoms with van der Waals surface area (Å²) < 4.78 is 5.14. The van der Waals surface area contributed by atoms with E-state index in [-0.39, 0.29) is 17.7 Å². The van der Waals surface area contributed by atoms with E-state index in [4.69, 9.17) is 15.3 Å². The maximum absolute atomic E-state index is 10.9. The molecular weight excluding hydrogens is 226 g/mol. The zero-order valence-electron chi connectivity index (χ0n) is 9.64. The molecule has 0 aliphatic carbocycles. The Labute approximate surface area is 98.0 Å². The molecule has 0 spiro atoms. The Bertz CT molecular complexity index is 415. The molecule has 0 unspecified atom stereocenters. The molecule has 0 bridgehead atoms. The van der Waals surface area contributed by atoms with Crippen LogP contribution in [0.1, 0.15) is 42.6 Å². The molecule has 2 amide bonds. The van der Waals surface area contributed by atoms with Crippen molar-refractivity contribution < 1.29 is 19.1 Å². The summed E-state index contributed by atoms with van der Waals surface area (Å²) in [6.45, 7) is 3.58. The molecule has 0 aromatic carbocycles. The molecular formula is C10H15N3O4. The Morgan fingerprint density at radius 2 is 2.29 bits per heavy atom. The number of oxazole rings is 1. The van der Waals surface area contributed by atoms with E-state index in [1.165, 1.54) is 6.26 Å². The molecule has 0 fully saturated rings. The van der Waals surface area contributed by atoms with Gasteiger partial charge in [-0.1, -0.05) is 6.92 Å². The number of carbonyl (C=O) groups is 2. The molecule has 7 nitrogen and oxygen atoms in total. The van der Waals surface area contributed by atoms with Crippen molar-refractivity contribution in [1.29, 1.82) is 0 Å². The van der Waals surface area contributed by atoms with Crippen molar-refractivity contribution in [2.45, 2.75) is 32.2 Å². The average molecular weight is 241 g/mol. The van der Waals surface area contributed by atoms with Gasteiger partial charge in [0.15, 0.2) is 11.6 Å². The summed E-state index contributed by atoms with van der Waals surface area (Å²) in [5.41, 5.74) is 5.10. The predicted molar refractivity (Wildman–Crippen MR) is 58.7 cm³/mol. The molecule has 17 heavy (non-hydrogen) atoms. The van der Waals surface area contributed by atoms with E-state index in [9.17, 15) is 9.59 Å². The van der Waals surface area contributed by atoms with E-state index in [0.717, 1.165) is 0 Å². The number of hydrogen-bond donors (Lipinski definition) is 3. The van der Waals surface area contributed by atoms with Crippen LogP contribution in [0.4, 0.5) is 4.79 Å². The van der Waals surface area contributed by atoms with Crippen LogP contribution >= 0.6 is 0 Å². The van der Waals surface area contributed by atoms with Gasteiger partial charge in [0, 0.05) is 6.04 Å². The average Bonchev–Trinajstić information content (AvgIpc) is 2.66. The van der Waals surface area contributed by atoms with Crippen molar-refractivity contribution in [2.75, 3.05) is 0 Å². The molecule has 0 radical (unpaired) electrons. The molecule has 0 saturated carbocycles. The number of carbonyl (C=O) groups excluding carboxylic acids is 1. The van der Waals surface area contributed by atoms with Crippen molar-refractivity contribution in [3.8, 4) is 0 Å². The van der Waals surface area contributed by atoms with Gasteiger partial charge >= 0.3 is 6.09 Å². The Morgan fingerprint density at radius 3 is 2.71 bits per heavy atom. The first kappa shape index (κ1) is 13.0. The monoisotopic (exact) mass is 241 g/mol. The number of amides is 2. The molecule has 0 aliphatic rings. The minimum Gasteiger partial charge on any atom is -0.465 e. The molecule has 1 heterocycles. The van der Waals surface area contributed by atoms with Gasteiger partial charge in [-0.15, -0.1) is 0 Å². The zero-order valence-corrected chi connectivity index (χ0v) is 9.64. The standard InChI is InChI=1S/C10H15N3O4/c1-3-6(5(2)12-10(15)16)9-13-7(4-17-9)8(11)14/h4-6,12H,3H2,1-2H3,(H2,11,14)(H,15,16)/t5-,6-/m1/s1. The lowest BCUT2D eigenvalue weighted by atomic mass is 9.98. The van der Waals surface area contributed by atoms with Crippen LogP contribution in [0.2, 0.25) is 0 Å². The van der Waals surface area contributed by atoms with Gasteiger partial charge in [0.1, 0.15) is 6.26 Å². The van der Waals surface area contributed by atoms with E-state index in [1.54, 1.807) is 6.92 Å². The van der Waals surface area contributed by atoms with Crippen LogP contribution in [0, 0.1) is 0 Å². The molecule has 2 atom stereocenters. The summed E-state index contributed by atoms with van der Waals surface area (Å²) in [6.07, 6.45) is 0.686. The fourth-order valence-corrected chi connectivity index (χ4v) is 1.61. The van der Waals surface area contributed by atoms with Crippen LogP contribution < -0.4 is 11.1 Å². The second-order valence-electron chi connectivity index (χ2n) is 3.69. The topological polar surface area (TPSA) is 118 Å². The number of hydrogen-bond acceptors (Lipinski definition) is 4. The SMILES string of the molecule is CC[C@@H](c1nc(C(N)=O)co1)[C@@H](C)NC(=O)O. The maximum Gasteiger partial charge on any atom is 0.404 e. The van der Waals surface area contributed by atoms with Crippen LogP contribution in [-0.4, -0.2) is 28.1 Å². The lowest BCUT2D eigenvalue weighted by molar-refractivity contribution is 0.0995. The van der Waals surface area contributed by atoms with Gasteiger partial charge in [-0.25, -0.2) is 9.78 Å². The van der Waals surface area contributed by atoms with Gasteiger partial charge in [-0.2, -0.15) is 0 Å². The summed E-state index contributed by atoms with van der Waals surface area (Å²) in [5.74, 6) is -0.601. The number of nitrogens with two attached hydrogens (primary N) is 1. The molecule has 4 N–H and O–H groups in total. The van der Waals surface area contributed by atoms with E-state index in [1.807, 2.05) is 6.92 Å². The van der Waals surface area contributed by atoms with Gasteiger partial charge in [0.25, 0.3) is 5.91 Å². The first-order valence-electron chi connectivity index (χ1n) is 5.20. The number of rotatable bonds is 5. The van der Waals surface area contributed by atoms with Crippen LogP contribution in [-0.2, 0) is 0 Å². The first-order valence-corrected chi connectivity index (χ1v) is 5.20. The number of nitrogens with one attached hydrogen (secondary N) is 1. The van der Waals surface area contributed by atoms with Gasteiger partial charge < -0.3 is 20.6 Å². The van der Waals surface area contributed by atoms with Crippen molar-refractivity contribution in [1.82, 2.24) is 10.3 Å². The Balaban J connectivity index is 2.85. The molecule has 0 aliphatic heterocycles. The van der Waals surface area contributed by atoms with Gasteiger partial charge in [-0.05, 0) is 13.3 Å². The summed E-state index contributed by atoms with van der Waals surface area (Å²) in [7, 11) is 0. The first-order chi connectivity index (χ1) is 7.95. The zero-order chi connectivity index (χ0) is 13.0. The van der Waals surface area contributed by atoms with Crippen LogP contribution in [0.5, 0.6) is 0 Å². The molecule has 1 aromatic heterocycles. The molecule has 0 saturated heterocycles. The van der Waals surface area contributed by atoms with Gasteiger partial charge in [-0.3, -0.25) is 4.79 Å². The summed E-state index contributed by atoms with van der Waals surface area (Å²) in [5, 5.41) is 11.0. The molecule has 94 valence electrons. The highest BCUT2D eigenvalue weighted by Gasteiger charge is 2.24. The van der Waals surface area contributed by atoms with E-state index in [2.05, 4.69) is 10.3 Å². The summed E-state index contributed by atoms with van der Waals surface area (Å²) >= 11 is 0. The number of aromatic nitrogens is 1. The van der Waals surface area contributed by atoms with Crippen molar-refractivity contribution in [2.24, 2.45) is 5.73 Å². The minimum atomic E-state index is -1.11. The fraction of sp³-hybridized carbons (Fsp3) is 0.500. The molecule has 7 heteroatoms. The third-order valence-corrected chi connectivity index (χ3v) is 2.49. The fourth-order valence-electron chi connectivity index (χ4n) is 1.61. The van der Waals surface area contributed by atoms with Gasteiger partial charge in [0.2, 0.25) is 0 Å². The largest absolute Gasteiger partial charge is 0.465 e. The highest BCUT2D eigenvalue weighted by Crippen LogP contribution is 2.22. The third kappa shape index (κ3) is 3.20. The van der Waals surface area contributed by atoms with E-state index in [0.29, 0.717) is 12.3 Å². The second-order valence-corrected chi connectivity index (χ2v) is 3.69. The second kappa shape index (κ2) is 5.33. The Morgan fingerprint density at radius 1 is 1.65 bits per heavy atom. The van der Waals surface area contributed by atoms with Crippen molar-refractivity contribution in [3.05, 3.63) is 17.8 Å². The minimum absolute atomic E-state index is 0.0426. The highest BCUT2D eigenvalue weighted by atomic mass is 16.4. The normalized spacial score (nSPS) is 14.0. The van der Waals surface area contributed by atoms with Crippen LogP contribution in [0.25, 0.3) is 0 Å². The Kier molecular flexibility index (Phi) is 4.08. The number of nitrogens with zero attached hydrogens (tertiary/aromatic N) is 1. The third-order valence-electron chi connectivity index (χ3n) is 2.49. The van der Waals surface area contributed by atoms with E-state index < -0.39 is 12.0 Å². The summed E-state index contributed by atoms with van der Waals surface area (Å²) in [4.78, 5) is 25.3. The van der Waals surface area contributed by atoms with E-state index >= 15 is 0 Å². The number of primary amides is 1. The maximum atomic E-state index is 10.9. The number of carboxylic acid groups (broad SMARTS) is 1. The van der Waals surface area contributed by atoms with Crippen molar-refractivity contribution >= 4 is 12.0 Å².